The monoisotopic (exact) mass is 282 g/mol. The third-order valence-corrected chi connectivity index (χ3v) is 4.84. The molecule has 1 atom stereocenters. The summed E-state index contributed by atoms with van der Waals surface area (Å²) in [7, 11) is 0. The van der Waals surface area contributed by atoms with Gasteiger partial charge in [-0.05, 0) is 38.0 Å². The molecule has 1 unspecified atom stereocenters. The van der Waals surface area contributed by atoms with Crippen LogP contribution in [0.3, 0.4) is 0 Å². The van der Waals surface area contributed by atoms with E-state index in [-0.39, 0.29) is 11.9 Å². The van der Waals surface area contributed by atoms with E-state index in [1.807, 2.05) is 17.8 Å². The van der Waals surface area contributed by atoms with Crippen LogP contribution in [0.4, 0.5) is 4.39 Å². The fourth-order valence-corrected chi connectivity index (χ4v) is 3.71. The molecular formula is C15H23FN2S. The standard InChI is InChI=1S/C15H23FN2S/c1-15(2)11-18(8-9-19-15)7-6-14(17)12-4-3-5-13(16)10-12/h3-5,10,14H,6-9,11,17H2,1-2H3. The van der Waals surface area contributed by atoms with Crippen LogP contribution in [0.15, 0.2) is 24.3 Å². The number of nitrogens with zero attached hydrogens (tertiary/aromatic N) is 1. The topological polar surface area (TPSA) is 29.3 Å². The van der Waals surface area contributed by atoms with Gasteiger partial charge in [0.1, 0.15) is 5.82 Å². The molecule has 0 radical (unpaired) electrons. The summed E-state index contributed by atoms with van der Waals surface area (Å²) < 4.78 is 13.5. The molecule has 1 heterocycles. The van der Waals surface area contributed by atoms with Gasteiger partial charge in [-0.3, -0.25) is 0 Å². The first-order valence-electron chi connectivity index (χ1n) is 6.84. The molecular weight excluding hydrogens is 259 g/mol. The van der Waals surface area contributed by atoms with Gasteiger partial charge < -0.3 is 10.6 Å². The molecule has 0 aromatic heterocycles. The van der Waals surface area contributed by atoms with Gasteiger partial charge in [0.15, 0.2) is 0 Å². The molecule has 19 heavy (non-hydrogen) atoms. The number of benzene rings is 1. The van der Waals surface area contributed by atoms with Crippen molar-refractivity contribution < 1.29 is 4.39 Å². The van der Waals surface area contributed by atoms with Crippen molar-refractivity contribution in [2.24, 2.45) is 5.73 Å². The van der Waals surface area contributed by atoms with Crippen LogP contribution in [0.2, 0.25) is 0 Å². The lowest BCUT2D eigenvalue weighted by molar-refractivity contribution is 0.251. The zero-order valence-electron chi connectivity index (χ0n) is 11.7. The highest BCUT2D eigenvalue weighted by Crippen LogP contribution is 2.29. The maximum absolute atomic E-state index is 13.2. The van der Waals surface area contributed by atoms with Crippen LogP contribution in [0.1, 0.15) is 31.9 Å². The number of hydrogen-bond donors (Lipinski definition) is 1. The summed E-state index contributed by atoms with van der Waals surface area (Å²) in [6.07, 6.45) is 0.879. The van der Waals surface area contributed by atoms with Gasteiger partial charge in [-0.15, -0.1) is 0 Å². The van der Waals surface area contributed by atoms with Crippen molar-refractivity contribution in [1.82, 2.24) is 4.90 Å². The fourth-order valence-electron chi connectivity index (χ4n) is 2.53. The van der Waals surface area contributed by atoms with Crippen molar-refractivity contribution in [1.29, 1.82) is 0 Å². The van der Waals surface area contributed by atoms with Gasteiger partial charge in [-0.1, -0.05) is 12.1 Å². The third kappa shape index (κ3) is 4.48. The lowest BCUT2D eigenvalue weighted by Crippen LogP contribution is -2.43. The van der Waals surface area contributed by atoms with E-state index in [9.17, 15) is 4.39 Å². The predicted molar refractivity (Wildman–Crippen MR) is 80.9 cm³/mol. The summed E-state index contributed by atoms with van der Waals surface area (Å²) in [5.74, 6) is 0.978. The number of rotatable bonds is 4. The quantitative estimate of drug-likeness (QED) is 0.920. The molecule has 1 aliphatic heterocycles. The van der Waals surface area contributed by atoms with E-state index in [1.54, 1.807) is 12.1 Å². The average molecular weight is 282 g/mol. The molecule has 1 aliphatic rings. The van der Waals surface area contributed by atoms with Crippen LogP contribution in [0.5, 0.6) is 0 Å². The van der Waals surface area contributed by atoms with Crippen molar-refractivity contribution >= 4 is 11.8 Å². The van der Waals surface area contributed by atoms with Gasteiger partial charge >= 0.3 is 0 Å². The Bertz CT molecular complexity index is 422. The molecule has 0 saturated carbocycles. The maximum atomic E-state index is 13.2. The average Bonchev–Trinajstić information content (AvgIpc) is 2.35. The lowest BCUT2D eigenvalue weighted by Gasteiger charge is -2.37. The molecule has 1 saturated heterocycles. The Hall–Kier alpha value is -0.580. The summed E-state index contributed by atoms with van der Waals surface area (Å²) >= 11 is 2.03. The van der Waals surface area contributed by atoms with Gasteiger partial charge in [0.05, 0.1) is 0 Å². The number of hydrogen-bond acceptors (Lipinski definition) is 3. The normalized spacial score (nSPS) is 21.3. The first-order valence-corrected chi connectivity index (χ1v) is 7.82. The second-order valence-corrected chi connectivity index (χ2v) is 7.64. The molecule has 2 rings (SSSR count). The lowest BCUT2D eigenvalue weighted by atomic mass is 10.0. The number of halogens is 1. The minimum atomic E-state index is -0.205. The Morgan fingerprint density at radius 3 is 2.95 bits per heavy atom. The van der Waals surface area contributed by atoms with Crippen LogP contribution < -0.4 is 5.73 Å². The van der Waals surface area contributed by atoms with E-state index in [0.29, 0.717) is 4.75 Å². The predicted octanol–water partition coefficient (Wildman–Crippen LogP) is 3.04. The summed E-state index contributed by atoms with van der Waals surface area (Å²) in [4.78, 5) is 2.47. The highest BCUT2D eigenvalue weighted by atomic mass is 32.2. The van der Waals surface area contributed by atoms with E-state index < -0.39 is 0 Å². The Labute approximate surface area is 119 Å². The third-order valence-electron chi connectivity index (χ3n) is 3.54. The molecule has 0 aliphatic carbocycles. The van der Waals surface area contributed by atoms with Crippen LogP contribution >= 0.6 is 11.8 Å². The minimum absolute atomic E-state index is 0.0756. The van der Waals surface area contributed by atoms with E-state index in [0.717, 1.165) is 31.6 Å². The van der Waals surface area contributed by atoms with Crippen LogP contribution in [-0.4, -0.2) is 35.0 Å². The van der Waals surface area contributed by atoms with Gasteiger partial charge in [0.25, 0.3) is 0 Å². The molecule has 0 bridgehead atoms. The van der Waals surface area contributed by atoms with E-state index >= 15 is 0 Å². The van der Waals surface area contributed by atoms with Crippen molar-refractivity contribution in [2.45, 2.75) is 31.1 Å². The molecule has 0 spiro atoms. The van der Waals surface area contributed by atoms with E-state index in [4.69, 9.17) is 5.73 Å². The zero-order valence-corrected chi connectivity index (χ0v) is 12.5. The van der Waals surface area contributed by atoms with Crippen molar-refractivity contribution in [2.75, 3.05) is 25.4 Å². The minimum Gasteiger partial charge on any atom is -0.324 e. The second kappa shape index (κ2) is 6.25. The van der Waals surface area contributed by atoms with Crippen LogP contribution in [0.25, 0.3) is 0 Å². The van der Waals surface area contributed by atoms with Crippen LogP contribution in [-0.2, 0) is 0 Å². The molecule has 2 nitrogen and oxygen atoms in total. The first kappa shape index (κ1) is 14.8. The highest BCUT2D eigenvalue weighted by molar-refractivity contribution is 8.00. The Morgan fingerprint density at radius 2 is 2.26 bits per heavy atom. The fraction of sp³-hybridized carbons (Fsp3) is 0.600. The smallest absolute Gasteiger partial charge is 0.123 e. The number of nitrogens with two attached hydrogens (primary N) is 1. The van der Waals surface area contributed by atoms with Gasteiger partial charge in [0.2, 0.25) is 0 Å². The summed E-state index contributed by atoms with van der Waals surface area (Å²) in [6, 6.07) is 6.56. The Kier molecular flexibility index (Phi) is 4.87. The van der Waals surface area contributed by atoms with Gasteiger partial charge in [-0.2, -0.15) is 11.8 Å². The maximum Gasteiger partial charge on any atom is 0.123 e. The van der Waals surface area contributed by atoms with E-state index in [2.05, 4.69) is 18.7 Å². The molecule has 1 aromatic carbocycles. The summed E-state index contributed by atoms with van der Waals surface area (Å²) in [5.41, 5.74) is 7.04. The van der Waals surface area contributed by atoms with Gasteiger partial charge in [-0.25, -0.2) is 4.39 Å². The van der Waals surface area contributed by atoms with Gasteiger partial charge in [0, 0.05) is 36.2 Å². The van der Waals surface area contributed by atoms with Crippen LogP contribution in [0, 0.1) is 5.82 Å². The molecule has 0 amide bonds. The SMILES string of the molecule is CC1(C)CN(CCC(N)c2cccc(F)c2)CCS1. The molecule has 1 aromatic rings. The van der Waals surface area contributed by atoms with E-state index in [1.165, 1.54) is 11.8 Å². The first-order chi connectivity index (χ1) is 8.96. The summed E-state index contributed by atoms with van der Waals surface area (Å²) in [5, 5.41) is 0. The molecule has 4 heteroatoms. The Balaban J connectivity index is 1.85. The summed E-state index contributed by atoms with van der Waals surface area (Å²) in [6.45, 7) is 7.80. The molecule has 2 N–H and O–H groups in total. The molecule has 106 valence electrons. The van der Waals surface area contributed by atoms with Crippen molar-refractivity contribution in [3.8, 4) is 0 Å². The van der Waals surface area contributed by atoms with Crippen molar-refractivity contribution in [3.63, 3.8) is 0 Å². The number of thioether (sulfide) groups is 1. The largest absolute Gasteiger partial charge is 0.324 e. The molecule has 1 fully saturated rings. The second-order valence-electron chi connectivity index (χ2n) is 5.83. The highest BCUT2D eigenvalue weighted by Gasteiger charge is 2.26. The Morgan fingerprint density at radius 1 is 1.47 bits per heavy atom. The van der Waals surface area contributed by atoms with Crippen molar-refractivity contribution in [3.05, 3.63) is 35.6 Å². The zero-order chi connectivity index (χ0) is 13.9.